The largest absolute Gasteiger partial charge is 0.270 e. The van der Waals surface area contributed by atoms with E-state index >= 15 is 0 Å². The van der Waals surface area contributed by atoms with E-state index in [1.54, 1.807) is 18.2 Å². The fraction of sp³-hybridized carbons (Fsp3) is 0.143. The maximum atomic E-state index is 10.2. The van der Waals surface area contributed by atoms with E-state index in [0.717, 1.165) is 15.6 Å². The van der Waals surface area contributed by atoms with Crippen molar-refractivity contribution in [3.8, 4) is 0 Å². The van der Waals surface area contributed by atoms with Gasteiger partial charge in [0.2, 0.25) is 0 Å². The fourth-order valence-corrected chi connectivity index (χ4v) is 1.73. The van der Waals surface area contributed by atoms with Gasteiger partial charge in [0.05, 0.1) is 9.85 Å². The first-order valence-electron chi connectivity index (χ1n) is 5.93. The number of benzene rings is 2. The molecule has 7 heteroatoms. The molecule has 0 atom stereocenters. The standard InChI is InChI=1S/C7H6BrNO2.C7H7NO2/c1-5-2-3-6(9(10)11)4-7(5)8;1-6-2-4-7(5-3-6)8(9)10/h2-4H,1H3;2-5H,1H3. The van der Waals surface area contributed by atoms with Gasteiger partial charge in [-0.15, -0.1) is 0 Å². The van der Waals surface area contributed by atoms with E-state index in [4.69, 9.17) is 0 Å². The Kier molecular flexibility index (Phi) is 5.98. The van der Waals surface area contributed by atoms with Gasteiger partial charge in [-0.25, -0.2) is 0 Å². The Bertz CT molecular complexity index is 657. The Morgan fingerprint density at radius 3 is 1.76 bits per heavy atom. The maximum Gasteiger partial charge on any atom is 0.270 e. The summed E-state index contributed by atoms with van der Waals surface area (Å²) in [5.74, 6) is 0. The summed E-state index contributed by atoms with van der Waals surface area (Å²) in [7, 11) is 0. The minimum atomic E-state index is -0.412. The zero-order chi connectivity index (χ0) is 16.0. The van der Waals surface area contributed by atoms with Crippen molar-refractivity contribution in [3.63, 3.8) is 0 Å². The van der Waals surface area contributed by atoms with Crippen LogP contribution in [0, 0.1) is 34.1 Å². The van der Waals surface area contributed by atoms with E-state index in [1.807, 2.05) is 13.8 Å². The van der Waals surface area contributed by atoms with Gasteiger partial charge < -0.3 is 0 Å². The van der Waals surface area contributed by atoms with Crippen molar-refractivity contribution in [1.82, 2.24) is 0 Å². The Hall–Kier alpha value is -2.28. The zero-order valence-corrected chi connectivity index (χ0v) is 13.0. The summed E-state index contributed by atoms with van der Waals surface area (Å²) in [6, 6.07) is 11.1. The highest BCUT2D eigenvalue weighted by atomic mass is 79.9. The van der Waals surface area contributed by atoms with Crippen LogP contribution in [0.5, 0.6) is 0 Å². The summed E-state index contributed by atoms with van der Waals surface area (Å²) >= 11 is 3.21. The quantitative estimate of drug-likeness (QED) is 0.585. The van der Waals surface area contributed by atoms with Gasteiger partial charge in [-0.3, -0.25) is 20.2 Å². The van der Waals surface area contributed by atoms with Crippen molar-refractivity contribution in [2.24, 2.45) is 0 Å². The van der Waals surface area contributed by atoms with Gasteiger partial charge in [0, 0.05) is 28.7 Å². The molecule has 0 bridgehead atoms. The van der Waals surface area contributed by atoms with Crippen LogP contribution >= 0.6 is 15.9 Å². The number of hydrogen-bond acceptors (Lipinski definition) is 4. The van der Waals surface area contributed by atoms with Crippen molar-refractivity contribution >= 4 is 27.3 Å². The van der Waals surface area contributed by atoms with Crippen molar-refractivity contribution in [1.29, 1.82) is 0 Å². The molecule has 0 heterocycles. The second kappa shape index (κ2) is 7.49. The van der Waals surface area contributed by atoms with Crippen LogP contribution in [0.4, 0.5) is 11.4 Å². The summed E-state index contributed by atoms with van der Waals surface area (Å²) in [5.41, 5.74) is 2.29. The van der Waals surface area contributed by atoms with E-state index < -0.39 is 9.85 Å². The third-order valence-corrected chi connectivity index (χ3v) is 3.47. The van der Waals surface area contributed by atoms with Crippen molar-refractivity contribution < 1.29 is 9.85 Å². The van der Waals surface area contributed by atoms with Crippen molar-refractivity contribution in [2.45, 2.75) is 13.8 Å². The van der Waals surface area contributed by atoms with Crippen LogP contribution in [-0.4, -0.2) is 9.85 Å². The second-order valence-electron chi connectivity index (χ2n) is 4.28. The van der Waals surface area contributed by atoms with Gasteiger partial charge in [-0.05, 0) is 19.4 Å². The van der Waals surface area contributed by atoms with Crippen LogP contribution in [0.3, 0.4) is 0 Å². The van der Waals surface area contributed by atoms with Gasteiger partial charge in [0.1, 0.15) is 0 Å². The number of aryl methyl sites for hydroxylation is 2. The number of halogens is 1. The molecule has 0 aromatic heterocycles. The first kappa shape index (κ1) is 16.8. The molecule has 0 saturated heterocycles. The van der Waals surface area contributed by atoms with Gasteiger partial charge in [0.25, 0.3) is 11.4 Å². The summed E-state index contributed by atoms with van der Waals surface area (Å²) in [6.45, 7) is 3.78. The second-order valence-corrected chi connectivity index (χ2v) is 5.14. The molecule has 0 amide bonds. The molecule has 0 spiro atoms. The van der Waals surface area contributed by atoms with Crippen LogP contribution in [0.15, 0.2) is 46.9 Å². The molecule has 110 valence electrons. The van der Waals surface area contributed by atoms with E-state index in [0.29, 0.717) is 0 Å². The van der Waals surface area contributed by atoms with Gasteiger partial charge in [0.15, 0.2) is 0 Å². The maximum absolute atomic E-state index is 10.2. The number of nitro groups is 2. The predicted molar refractivity (Wildman–Crippen MR) is 83.4 cm³/mol. The Morgan fingerprint density at radius 2 is 1.33 bits per heavy atom. The molecule has 0 saturated carbocycles. The fourth-order valence-electron chi connectivity index (χ4n) is 1.36. The molecule has 0 N–H and O–H groups in total. The highest BCUT2D eigenvalue weighted by Gasteiger charge is 2.05. The molecule has 0 fully saturated rings. The predicted octanol–water partition coefficient (Wildman–Crippen LogP) is 4.57. The molecule has 0 unspecified atom stereocenters. The highest BCUT2D eigenvalue weighted by Crippen LogP contribution is 2.21. The summed E-state index contributed by atoms with van der Waals surface area (Å²) in [5, 5.41) is 20.4. The molecule has 2 rings (SSSR count). The average Bonchev–Trinajstić information content (AvgIpc) is 2.43. The molecule has 6 nitrogen and oxygen atoms in total. The Balaban J connectivity index is 0.000000211. The lowest BCUT2D eigenvalue weighted by atomic mass is 10.2. The van der Waals surface area contributed by atoms with Crippen molar-refractivity contribution in [2.75, 3.05) is 0 Å². The third kappa shape index (κ3) is 5.31. The van der Waals surface area contributed by atoms with E-state index in [9.17, 15) is 20.2 Å². The Labute approximate surface area is 129 Å². The molecule has 0 aliphatic rings. The number of rotatable bonds is 2. The zero-order valence-electron chi connectivity index (χ0n) is 11.4. The SMILES string of the molecule is Cc1ccc([N+](=O)[O-])cc1.Cc1ccc([N+](=O)[O-])cc1Br. The molecule has 21 heavy (non-hydrogen) atoms. The van der Waals surface area contributed by atoms with E-state index in [2.05, 4.69) is 15.9 Å². The third-order valence-electron chi connectivity index (χ3n) is 2.61. The van der Waals surface area contributed by atoms with E-state index in [1.165, 1.54) is 24.3 Å². The molecule has 0 aliphatic heterocycles. The summed E-state index contributed by atoms with van der Waals surface area (Å²) < 4.78 is 0.770. The van der Waals surface area contributed by atoms with Gasteiger partial charge in [-0.1, -0.05) is 39.7 Å². The molecule has 0 radical (unpaired) electrons. The topological polar surface area (TPSA) is 86.3 Å². The number of non-ortho nitro benzene ring substituents is 2. The van der Waals surface area contributed by atoms with Crippen LogP contribution in [0.25, 0.3) is 0 Å². The van der Waals surface area contributed by atoms with Gasteiger partial charge >= 0.3 is 0 Å². The first-order valence-corrected chi connectivity index (χ1v) is 6.72. The summed E-state index contributed by atoms with van der Waals surface area (Å²) in [4.78, 5) is 19.6. The first-order chi connectivity index (χ1) is 9.81. The lowest BCUT2D eigenvalue weighted by Gasteiger charge is -1.95. The minimum absolute atomic E-state index is 0.113. The highest BCUT2D eigenvalue weighted by molar-refractivity contribution is 9.10. The van der Waals surface area contributed by atoms with Crippen LogP contribution in [-0.2, 0) is 0 Å². The van der Waals surface area contributed by atoms with Gasteiger partial charge in [-0.2, -0.15) is 0 Å². The lowest BCUT2D eigenvalue weighted by Crippen LogP contribution is -1.87. The van der Waals surface area contributed by atoms with E-state index in [-0.39, 0.29) is 11.4 Å². The Morgan fingerprint density at radius 1 is 0.857 bits per heavy atom. The van der Waals surface area contributed by atoms with Crippen molar-refractivity contribution in [3.05, 3.63) is 78.3 Å². The monoisotopic (exact) mass is 352 g/mol. The number of hydrogen-bond donors (Lipinski definition) is 0. The molecule has 0 aliphatic carbocycles. The molecular weight excluding hydrogens is 340 g/mol. The molecule has 2 aromatic rings. The summed E-state index contributed by atoms with van der Waals surface area (Å²) in [6.07, 6.45) is 0. The van der Waals surface area contributed by atoms with Crippen LogP contribution in [0.2, 0.25) is 0 Å². The molecule has 2 aromatic carbocycles. The lowest BCUT2D eigenvalue weighted by molar-refractivity contribution is -0.385. The smallest absolute Gasteiger partial charge is 0.258 e. The number of nitrogens with zero attached hydrogens (tertiary/aromatic N) is 2. The average molecular weight is 353 g/mol. The van der Waals surface area contributed by atoms with Crippen LogP contribution < -0.4 is 0 Å². The van der Waals surface area contributed by atoms with Crippen LogP contribution in [0.1, 0.15) is 11.1 Å². The normalized spacial score (nSPS) is 9.48. The minimum Gasteiger partial charge on any atom is -0.258 e. The molecular formula is C14H13BrN2O4. The number of nitro benzene ring substituents is 2.